The summed E-state index contributed by atoms with van der Waals surface area (Å²) in [6.07, 6.45) is 3.62. The molecule has 1 aliphatic heterocycles. The number of amides is 1. The summed E-state index contributed by atoms with van der Waals surface area (Å²) in [4.78, 5) is 39.3. The molecule has 1 fully saturated rings. The number of hydrogen-bond donors (Lipinski definition) is 0. The lowest BCUT2D eigenvalue weighted by Crippen LogP contribution is -2.55. The maximum Gasteiger partial charge on any atom is 0.306 e. The lowest BCUT2D eigenvalue weighted by atomic mass is 9.74. The standard InChI is InChI=1S/C21H24ClNO6S/c1-23(19(25)13-29-20(26)12-15-9-11-30(27,28)14-15)21(10-5-4-8-18(21)24)16-6-2-3-7-17(16)22/h2-3,6-7,9,11,15H,4-5,8,10,12-14H2,1H3. The first kappa shape index (κ1) is 22.5. The minimum absolute atomic E-state index is 0.0923. The van der Waals surface area contributed by atoms with E-state index in [0.717, 1.165) is 18.2 Å². The number of benzene rings is 1. The molecule has 7 nitrogen and oxygen atoms in total. The van der Waals surface area contributed by atoms with Crippen LogP contribution >= 0.6 is 11.6 Å². The fourth-order valence-corrected chi connectivity index (χ4v) is 5.81. The normalized spacial score (nSPS) is 25.1. The minimum Gasteiger partial charge on any atom is -0.456 e. The van der Waals surface area contributed by atoms with E-state index in [1.165, 1.54) is 18.0 Å². The van der Waals surface area contributed by atoms with Gasteiger partial charge in [-0.3, -0.25) is 14.4 Å². The molecule has 1 aliphatic carbocycles. The summed E-state index contributed by atoms with van der Waals surface area (Å²) in [6.45, 7) is -0.530. The number of ketones is 1. The molecule has 0 spiro atoms. The first-order chi connectivity index (χ1) is 14.2. The average molecular weight is 454 g/mol. The highest BCUT2D eigenvalue weighted by atomic mass is 35.5. The van der Waals surface area contributed by atoms with Crippen molar-refractivity contribution >= 4 is 39.1 Å². The van der Waals surface area contributed by atoms with Gasteiger partial charge in [0.2, 0.25) is 0 Å². The largest absolute Gasteiger partial charge is 0.456 e. The van der Waals surface area contributed by atoms with Crippen LogP contribution in [0.15, 0.2) is 35.7 Å². The Balaban J connectivity index is 1.71. The van der Waals surface area contributed by atoms with E-state index in [9.17, 15) is 22.8 Å². The van der Waals surface area contributed by atoms with Crippen molar-refractivity contribution in [3.63, 3.8) is 0 Å². The molecule has 1 aromatic rings. The molecule has 9 heteroatoms. The van der Waals surface area contributed by atoms with E-state index in [-0.39, 0.29) is 18.0 Å². The second kappa shape index (κ2) is 8.89. The Morgan fingerprint density at radius 3 is 2.63 bits per heavy atom. The zero-order chi connectivity index (χ0) is 21.9. The van der Waals surface area contributed by atoms with Crippen LogP contribution in [-0.2, 0) is 34.5 Å². The summed E-state index contributed by atoms with van der Waals surface area (Å²) in [7, 11) is -1.74. The summed E-state index contributed by atoms with van der Waals surface area (Å²) in [6, 6.07) is 6.96. The minimum atomic E-state index is -3.26. The molecule has 3 rings (SSSR count). The van der Waals surface area contributed by atoms with E-state index >= 15 is 0 Å². The molecule has 0 saturated heterocycles. The number of nitrogens with zero attached hydrogens (tertiary/aromatic N) is 1. The molecule has 162 valence electrons. The lowest BCUT2D eigenvalue weighted by Gasteiger charge is -2.43. The molecular weight excluding hydrogens is 430 g/mol. The Morgan fingerprint density at radius 1 is 1.27 bits per heavy atom. The smallest absolute Gasteiger partial charge is 0.306 e. The molecule has 1 saturated carbocycles. The molecule has 1 heterocycles. The van der Waals surface area contributed by atoms with E-state index in [1.54, 1.807) is 24.3 Å². The quantitative estimate of drug-likeness (QED) is 0.614. The molecule has 2 atom stereocenters. The molecule has 1 aromatic carbocycles. The zero-order valence-electron chi connectivity index (χ0n) is 16.7. The van der Waals surface area contributed by atoms with Crippen LogP contribution in [0.2, 0.25) is 5.02 Å². The van der Waals surface area contributed by atoms with Crippen LogP contribution in [0.4, 0.5) is 0 Å². The Morgan fingerprint density at radius 2 is 2.00 bits per heavy atom. The number of esters is 1. The van der Waals surface area contributed by atoms with Crippen LogP contribution in [0.1, 0.15) is 37.7 Å². The third kappa shape index (κ3) is 4.59. The topological polar surface area (TPSA) is 97.8 Å². The fourth-order valence-electron chi connectivity index (χ4n) is 4.12. The van der Waals surface area contributed by atoms with E-state index in [4.69, 9.17) is 16.3 Å². The molecular formula is C21H24ClNO6S. The van der Waals surface area contributed by atoms with Gasteiger partial charge in [-0.05, 0) is 25.3 Å². The maximum atomic E-state index is 13.0. The molecule has 0 bridgehead atoms. The Hall–Kier alpha value is -2.19. The van der Waals surface area contributed by atoms with Gasteiger partial charge in [-0.1, -0.05) is 35.9 Å². The van der Waals surface area contributed by atoms with Gasteiger partial charge in [-0.2, -0.15) is 0 Å². The molecule has 2 aliphatic rings. The first-order valence-electron chi connectivity index (χ1n) is 9.77. The lowest BCUT2D eigenvalue weighted by molar-refractivity contribution is -0.157. The van der Waals surface area contributed by atoms with Crippen LogP contribution in [0.3, 0.4) is 0 Å². The number of allylic oxidation sites excluding steroid dienone is 1. The van der Waals surface area contributed by atoms with Gasteiger partial charge in [-0.15, -0.1) is 0 Å². The molecule has 2 unspecified atom stereocenters. The van der Waals surface area contributed by atoms with Crippen molar-refractivity contribution in [3.8, 4) is 0 Å². The summed E-state index contributed by atoms with van der Waals surface area (Å²) in [5.41, 5.74) is -0.623. The van der Waals surface area contributed by atoms with Crippen molar-refractivity contribution in [2.24, 2.45) is 5.92 Å². The second-order valence-corrected chi connectivity index (χ2v) is 10.0. The molecule has 1 amide bonds. The molecule has 0 aromatic heterocycles. The van der Waals surface area contributed by atoms with Crippen LogP contribution in [0.25, 0.3) is 0 Å². The second-order valence-electron chi connectivity index (χ2n) is 7.71. The zero-order valence-corrected chi connectivity index (χ0v) is 18.2. The predicted octanol–water partition coefficient (Wildman–Crippen LogP) is 2.63. The number of sulfone groups is 1. The van der Waals surface area contributed by atoms with Gasteiger partial charge < -0.3 is 9.64 Å². The molecule has 30 heavy (non-hydrogen) atoms. The van der Waals surface area contributed by atoms with Crippen molar-refractivity contribution in [1.29, 1.82) is 0 Å². The monoisotopic (exact) mass is 453 g/mol. The van der Waals surface area contributed by atoms with Gasteiger partial charge in [0.05, 0.1) is 12.2 Å². The van der Waals surface area contributed by atoms with Crippen molar-refractivity contribution in [1.82, 2.24) is 4.90 Å². The van der Waals surface area contributed by atoms with Gasteiger partial charge in [0.25, 0.3) is 5.91 Å². The number of carbonyl (C=O) groups is 3. The highest BCUT2D eigenvalue weighted by Gasteiger charge is 2.48. The predicted molar refractivity (Wildman–Crippen MR) is 111 cm³/mol. The summed E-state index contributed by atoms with van der Waals surface area (Å²) in [5, 5.41) is 1.49. The van der Waals surface area contributed by atoms with Crippen LogP contribution in [0.5, 0.6) is 0 Å². The molecule has 0 radical (unpaired) electrons. The number of rotatable bonds is 6. The number of carbonyl (C=O) groups excluding carboxylic acids is 3. The maximum absolute atomic E-state index is 13.0. The number of ether oxygens (including phenoxy) is 1. The Bertz CT molecular complexity index is 989. The van der Waals surface area contributed by atoms with Crippen LogP contribution in [-0.4, -0.2) is 50.4 Å². The highest BCUT2D eigenvalue weighted by molar-refractivity contribution is 7.94. The van der Waals surface area contributed by atoms with E-state index in [0.29, 0.717) is 23.4 Å². The number of likely N-dealkylation sites (N-methyl/N-ethyl adjacent to an activating group) is 1. The Kier molecular flexibility index (Phi) is 6.67. The Labute approximate surface area is 180 Å². The summed E-state index contributed by atoms with van der Waals surface area (Å²) in [5.74, 6) is -1.87. The molecule has 0 N–H and O–H groups in total. The number of hydrogen-bond acceptors (Lipinski definition) is 6. The third-order valence-corrected chi connectivity index (χ3v) is 7.50. The SMILES string of the molecule is CN(C(=O)COC(=O)CC1C=CS(=O)(=O)C1)C1(c2ccccc2Cl)CCCCC1=O. The van der Waals surface area contributed by atoms with Gasteiger partial charge in [0.1, 0.15) is 5.54 Å². The van der Waals surface area contributed by atoms with Gasteiger partial charge in [0.15, 0.2) is 22.2 Å². The van der Waals surface area contributed by atoms with Crippen LogP contribution < -0.4 is 0 Å². The van der Waals surface area contributed by atoms with Crippen molar-refractivity contribution in [2.45, 2.75) is 37.6 Å². The van der Waals surface area contributed by atoms with Crippen molar-refractivity contribution in [3.05, 3.63) is 46.3 Å². The number of Topliss-reactive ketones (excluding diaryl/α,β-unsaturated/α-hetero) is 1. The summed E-state index contributed by atoms with van der Waals surface area (Å²) >= 11 is 6.38. The van der Waals surface area contributed by atoms with Gasteiger partial charge in [-0.25, -0.2) is 8.42 Å². The van der Waals surface area contributed by atoms with Crippen LogP contribution in [0, 0.1) is 5.92 Å². The average Bonchev–Trinajstić information content (AvgIpc) is 3.05. The fraction of sp³-hybridized carbons (Fsp3) is 0.476. The highest BCUT2D eigenvalue weighted by Crippen LogP contribution is 2.42. The van der Waals surface area contributed by atoms with Crippen molar-refractivity contribution < 1.29 is 27.5 Å². The number of halogens is 1. The van der Waals surface area contributed by atoms with Gasteiger partial charge in [0, 0.05) is 35.4 Å². The van der Waals surface area contributed by atoms with E-state index in [1.807, 2.05) is 0 Å². The van der Waals surface area contributed by atoms with Crippen molar-refractivity contribution in [2.75, 3.05) is 19.4 Å². The third-order valence-electron chi connectivity index (χ3n) is 5.71. The first-order valence-corrected chi connectivity index (χ1v) is 11.9. The van der Waals surface area contributed by atoms with E-state index in [2.05, 4.69) is 0 Å². The van der Waals surface area contributed by atoms with E-state index < -0.39 is 39.8 Å². The van der Waals surface area contributed by atoms with Gasteiger partial charge >= 0.3 is 5.97 Å². The summed E-state index contributed by atoms with van der Waals surface area (Å²) < 4.78 is 28.0.